The third-order valence-corrected chi connectivity index (χ3v) is 3.74. The number of nitrogens with zero attached hydrogens (tertiary/aromatic N) is 2. The molecule has 0 bridgehead atoms. The second kappa shape index (κ2) is 8.39. The molecule has 0 atom stereocenters. The minimum Gasteiger partial charge on any atom is -0.368 e. The first-order chi connectivity index (χ1) is 11.5. The van der Waals surface area contributed by atoms with Gasteiger partial charge in [-0.1, -0.05) is 15.9 Å². The van der Waals surface area contributed by atoms with E-state index in [-0.39, 0.29) is 23.9 Å². The van der Waals surface area contributed by atoms with E-state index >= 15 is 0 Å². The van der Waals surface area contributed by atoms with Gasteiger partial charge in [-0.3, -0.25) is 9.59 Å². The van der Waals surface area contributed by atoms with E-state index in [9.17, 15) is 9.59 Å². The molecule has 0 saturated heterocycles. The lowest BCUT2D eigenvalue weighted by Crippen LogP contribution is -2.20. The van der Waals surface area contributed by atoms with Crippen LogP contribution in [0.3, 0.4) is 0 Å². The average molecular weight is 392 g/mol. The van der Waals surface area contributed by atoms with Crippen LogP contribution in [0.15, 0.2) is 34.8 Å². The van der Waals surface area contributed by atoms with E-state index < -0.39 is 0 Å². The van der Waals surface area contributed by atoms with Gasteiger partial charge in [0.2, 0.25) is 5.91 Å². The third kappa shape index (κ3) is 5.02. The summed E-state index contributed by atoms with van der Waals surface area (Å²) in [5.74, 6) is 0.122. The van der Waals surface area contributed by atoms with Gasteiger partial charge in [-0.25, -0.2) is 0 Å². The standard InChI is InChI=1S/C16H18BrN5O2/c1-10-9-11(17)3-4-12(10)20-15(23)7-8-19-14-6-5-13(21-22-14)16(24)18-2/h3-6,9H,7-8H2,1-2H3,(H,18,24)(H,19,22)(H,20,23). The van der Waals surface area contributed by atoms with Crippen LogP contribution in [0.25, 0.3) is 0 Å². The van der Waals surface area contributed by atoms with Gasteiger partial charge in [0.1, 0.15) is 5.82 Å². The van der Waals surface area contributed by atoms with Gasteiger partial charge in [0.25, 0.3) is 5.91 Å². The zero-order chi connectivity index (χ0) is 17.5. The molecule has 0 saturated carbocycles. The minimum absolute atomic E-state index is 0.0946. The first-order valence-corrected chi connectivity index (χ1v) is 8.14. The van der Waals surface area contributed by atoms with E-state index in [1.165, 1.54) is 7.05 Å². The van der Waals surface area contributed by atoms with E-state index in [1.54, 1.807) is 12.1 Å². The number of aryl methyl sites for hydroxylation is 1. The van der Waals surface area contributed by atoms with Crippen LogP contribution in [0.4, 0.5) is 11.5 Å². The maximum Gasteiger partial charge on any atom is 0.271 e. The van der Waals surface area contributed by atoms with Gasteiger partial charge in [0.05, 0.1) is 0 Å². The van der Waals surface area contributed by atoms with Crippen molar-refractivity contribution in [2.75, 3.05) is 24.2 Å². The first kappa shape index (κ1) is 17.9. The molecule has 1 heterocycles. The average Bonchev–Trinajstić information content (AvgIpc) is 2.57. The SMILES string of the molecule is CNC(=O)c1ccc(NCCC(=O)Nc2ccc(Br)cc2C)nn1. The van der Waals surface area contributed by atoms with Crippen molar-refractivity contribution in [3.63, 3.8) is 0 Å². The number of benzene rings is 1. The Balaban J connectivity index is 1.81. The fourth-order valence-corrected chi connectivity index (χ4v) is 2.44. The first-order valence-electron chi connectivity index (χ1n) is 7.35. The van der Waals surface area contributed by atoms with Crippen molar-refractivity contribution in [1.82, 2.24) is 15.5 Å². The maximum absolute atomic E-state index is 12.0. The number of carbonyl (C=O) groups is 2. The lowest BCUT2D eigenvalue weighted by Gasteiger charge is -2.09. The summed E-state index contributed by atoms with van der Waals surface area (Å²) in [7, 11) is 1.53. The summed E-state index contributed by atoms with van der Waals surface area (Å²) in [5, 5.41) is 16.0. The second-order valence-corrected chi connectivity index (χ2v) is 5.98. The summed E-state index contributed by atoms with van der Waals surface area (Å²) in [5.41, 5.74) is 2.02. The van der Waals surface area contributed by atoms with Gasteiger partial charge < -0.3 is 16.0 Å². The number of amides is 2. The van der Waals surface area contributed by atoms with Gasteiger partial charge in [-0.05, 0) is 42.8 Å². The lowest BCUT2D eigenvalue weighted by molar-refractivity contribution is -0.115. The van der Waals surface area contributed by atoms with Crippen LogP contribution >= 0.6 is 15.9 Å². The molecule has 0 spiro atoms. The predicted molar refractivity (Wildman–Crippen MR) is 96.0 cm³/mol. The van der Waals surface area contributed by atoms with Crippen LogP contribution in [-0.2, 0) is 4.79 Å². The number of carbonyl (C=O) groups excluding carboxylic acids is 2. The topological polar surface area (TPSA) is 96.0 Å². The lowest BCUT2D eigenvalue weighted by atomic mass is 10.2. The fraction of sp³-hybridized carbons (Fsp3) is 0.250. The molecule has 0 aliphatic heterocycles. The smallest absolute Gasteiger partial charge is 0.271 e. The Bertz CT molecular complexity index is 734. The second-order valence-electron chi connectivity index (χ2n) is 5.07. The summed E-state index contributed by atoms with van der Waals surface area (Å²) >= 11 is 3.39. The molecule has 0 radical (unpaired) electrons. The summed E-state index contributed by atoms with van der Waals surface area (Å²) < 4.78 is 0.971. The number of anilines is 2. The number of nitrogens with one attached hydrogen (secondary N) is 3. The van der Waals surface area contributed by atoms with Crippen molar-refractivity contribution >= 4 is 39.2 Å². The molecule has 0 fully saturated rings. The quantitative estimate of drug-likeness (QED) is 0.702. The molecule has 1 aromatic heterocycles. The number of hydrogen-bond donors (Lipinski definition) is 3. The monoisotopic (exact) mass is 391 g/mol. The molecule has 7 nitrogen and oxygen atoms in total. The summed E-state index contributed by atoms with van der Waals surface area (Å²) in [6.07, 6.45) is 0.286. The highest BCUT2D eigenvalue weighted by Crippen LogP contribution is 2.20. The number of halogens is 1. The van der Waals surface area contributed by atoms with Crippen molar-refractivity contribution in [3.8, 4) is 0 Å². The van der Waals surface area contributed by atoms with Crippen LogP contribution < -0.4 is 16.0 Å². The Morgan fingerprint density at radius 1 is 1.17 bits per heavy atom. The Hall–Kier alpha value is -2.48. The molecule has 1 aromatic carbocycles. The Labute approximate surface area is 148 Å². The highest BCUT2D eigenvalue weighted by Gasteiger charge is 2.07. The van der Waals surface area contributed by atoms with Crippen LogP contribution in [0.1, 0.15) is 22.5 Å². The van der Waals surface area contributed by atoms with Gasteiger partial charge in [-0.2, -0.15) is 0 Å². The zero-order valence-electron chi connectivity index (χ0n) is 13.4. The van der Waals surface area contributed by atoms with Crippen molar-refractivity contribution < 1.29 is 9.59 Å². The van der Waals surface area contributed by atoms with Crippen molar-refractivity contribution in [3.05, 3.63) is 46.1 Å². The molecular formula is C16H18BrN5O2. The molecule has 24 heavy (non-hydrogen) atoms. The third-order valence-electron chi connectivity index (χ3n) is 3.24. The fourth-order valence-electron chi connectivity index (χ4n) is 1.96. The molecule has 126 valence electrons. The Morgan fingerprint density at radius 2 is 1.96 bits per heavy atom. The summed E-state index contributed by atoms with van der Waals surface area (Å²) in [6, 6.07) is 8.89. The Kier molecular flexibility index (Phi) is 6.25. The van der Waals surface area contributed by atoms with Gasteiger partial charge in [0, 0.05) is 30.2 Å². The van der Waals surface area contributed by atoms with Crippen molar-refractivity contribution in [2.24, 2.45) is 0 Å². The molecule has 0 aliphatic rings. The maximum atomic E-state index is 12.0. The van der Waals surface area contributed by atoms with Crippen LogP contribution in [0.5, 0.6) is 0 Å². The molecule has 0 aliphatic carbocycles. The number of hydrogen-bond acceptors (Lipinski definition) is 5. The molecule has 2 rings (SSSR count). The molecule has 2 aromatic rings. The largest absolute Gasteiger partial charge is 0.368 e. The highest BCUT2D eigenvalue weighted by molar-refractivity contribution is 9.10. The molecule has 3 N–H and O–H groups in total. The van der Waals surface area contributed by atoms with E-state index in [4.69, 9.17) is 0 Å². The van der Waals surface area contributed by atoms with Gasteiger partial charge in [-0.15, -0.1) is 10.2 Å². The normalized spacial score (nSPS) is 10.1. The van der Waals surface area contributed by atoms with E-state index in [0.29, 0.717) is 12.4 Å². The molecule has 0 unspecified atom stereocenters. The van der Waals surface area contributed by atoms with E-state index in [1.807, 2.05) is 25.1 Å². The zero-order valence-corrected chi connectivity index (χ0v) is 15.0. The summed E-state index contributed by atoms with van der Waals surface area (Å²) in [4.78, 5) is 23.3. The molecule has 8 heteroatoms. The minimum atomic E-state index is -0.293. The van der Waals surface area contributed by atoms with E-state index in [2.05, 4.69) is 42.1 Å². The van der Waals surface area contributed by atoms with Crippen LogP contribution in [0.2, 0.25) is 0 Å². The number of rotatable bonds is 6. The van der Waals surface area contributed by atoms with Crippen molar-refractivity contribution in [2.45, 2.75) is 13.3 Å². The van der Waals surface area contributed by atoms with E-state index in [0.717, 1.165) is 15.7 Å². The van der Waals surface area contributed by atoms with Crippen LogP contribution in [-0.4, -0.2) is 35.6 Å². The predicted octanol–water partition coefficient (Wildman–Crippen LogP) is 2.35. The number of aromatic nitrogens is 2. The summed E-state index contributed by atoms with van der Waals surface area (Å²) in [6.45, 7) is 2.34. The van der Waals surface area contributed by atoms with Gasteiger partial charge in [0.15, 0.2) is 5.69 Å². The van der Waals surface area contributed by atoms with Crippen molar-refractivity contribution in [1.29, 1.82) is 0 Å². The van der Waals surface area contributed by atoms with Gasteiger partial charge >= 0.3 is 0 Å². The molecular weight excluding hydrogens is 374 g/mol. The highest BCUT2D eigenvalue weighted by atomic mass is 79.9. The Morgan fingerprint density at radius 3 is 2.58 bits per heavy atom. The van der Waals surface area contributed by atoms with Crippen LogP contribution in [0, 0.1) is 6.92 Å². The molecule has 2 amide bonds.